The number of nitrogens with zero attached hydrogens (tertiary/aromatic N) is 2. The largest absolute Gasteiger partial charge is 0.497 e. The monoisotopic (exact) mass is 376 g/mol. The minimum atomic E-state index is -3.04. The molecule has 1 aliphatic rings. The fraction of sp³-hybridized carbons (Fsp3) is 0.353. The van der Waals surface area contributed by atoms with Crippen LogP contribution in [0, 0.1) is 0 Å². The summed E-state index contributed by atoms with van der Waals surface area (Å²) < 4.78 is 28.1. The number of aromatic nitrogens is 2. The molecule has 1 aromatic heterocycles. The third-order valence-electron chi connectivity index (χ3n) is 4.10. The van der Waals surface area contributed by atoms with Crippen LogP contribution in [0.15, 0.2) is 36.7 Å². The zero-order valence-electron chi connectivity index (χ0n) is 14.3. The number of rotatable bonds is 6. The number of methoxy groups -OCH3 is 1. The molecule has 0 spiro atoms. The predicted molar refractivity (Wildman–Crippen MR) is 96.9 cm³/mol. The Kier molecular flexibility index (Phi) is 5.36. The smallest absolute Gasteiger partial charge is 0.270 e. The van der Waals surface area contributed by atoms with Gasteiger partial charge in [-0.25, -0.2) is 18.4 Å². The van der Waals surface area contributed by atoms with Crippen LogP contribution in [0.5, 0.6) is 5.75 Å². The van der Waals surface area contributed by atoms with Crippen LogP contribution in [0.4, 0.5) is 5.82 Å². The number of sulfone groups is 1. The van der Waals surface area contributed by atoms with Crippen molar-refractivity contribution in [2.45, 2.75) is 19.0 Å². The Morgan fingerprint density at radius 1 is 1.27 bits per heavy atom. The third kappa shape index (κ3) is 4.69. The molecule has 3 rings (SSSR count). The van der Waals surface area contributed by atoms with Gasteiger partial charge >= 0.3 is 0 Å². The van der Waals surface area contributed by atoms with Crippen molar-refractivity contribution in [3.63, 3.8) is 0 Å². The Labute approximate surface area is 151 Å². The molecule has 1 saturated heterocycles. The molecule has 26 heavy (non-hydrogen) atoms. The van der Waals surface area contributed by atoms with E-state index in [0.717, 1.165) is 11.3 Å². The van der Waals surface area contributed by atoms with E-state index in [1.54, 1.807) is 13.2 Å². The highest BCUT2D eigenvalue weighted by Gasteiger charge is 2.29. The van der Waals surface area contributed by atoms with E-state index in [-0.39, 0.29) is 23.2 Å². The summed E-state index contributed by atoms with van der Waals surface area (Å²) in [5.74, 6) is 0.980. The summed E-state index contributed by atoms with van der Waals surface area (Å²) in [7, 11) is -1.43. The molecule has 1 amide bonds. The van der Waals surface area contributed by atoms with E-state index in [1.165, 1.54) is 6.33 Å². The summed E-state index contributed by atoms with van der Waals surface area (Å²) in [5.41, 5.74) is 1.23. The average molecular weight is 376 g/mol. The maximum absolute atomic E-state index is 12.3. The van der Waals surface area contributed by atoms with E-state index in [4.69, 9.17) is 4.74 Å². The molecule has 1 fully saturated rings. The molecule has 0 radical (unpaired) electrons. The molecule has 0 aliphatic carbocycles. The van der Waals surface area contributed by atoms with E-state index in [1.807, 2.05) is 24.3 Å². The van der Waals surface area contributed by atoms with E-state index >= 15 is 0 Å². The summed E-state index contributed by atoms with van der Waals surface area (Å²) >= 11 is 0. The van der Waals surface area contributed by atoms with Crippen molar-refractivity contribution in [3.05, 3.63) is 47.9 Å². The first-order chi connectivity index (χ1) is 12.4. The van der Waals surface area contributed by atoms with Crippen LogP contribution < -0.4 is 15.4 Å². The maximum atomic E-state index is 12.3. The number of hydrogen-bond donors (Lipinski definition) is 2. The van der Waals surface area contributed by atoms with Gasteiger partial charge in [0.25, 0.3) is 5.91 Å². The number of ether oxygens (including phenoxy) is 1. The number of benzene rings is 1. The Morgan fingerprint density at radius 3 is 2.69 bits per heavy atom. The van der Waals surface area contributed by atoms with Gasteiger partial charge in [0.2, 0.25) is 0 Å². The van der Waals surface area contributed by atoms with E-state index in [0.29, 0.717) is 18.8 Å². The zero-order chi connectivity index (χ0) is 18.6. The Bertz CT molecular complexity index is 884. The van der Waals surface area contributed by atoms with Crippen molar-refractivity contribution < 1.29 is 17.9 Å². The normalized spacial score (nSPS) is 18.3. The van der Waals surface area contributed by atoms with Crippen molar-refractivity contribution in [3.8, 4) is 5.75 Å². The second-order valence-corrected chi connectivity index (χ2v) is 8.29. The van der Waals surface area contributed by atoms with Crippen LogP contribution in [0.1, 0.15) is 22.5 Å². The summed E-state index contributed by atoms with van der Waals surface area (Å²) in [6, 6.07) is 8.78. The van der Waals surface area contributed by atoms with Crippen molar-refractivity contribution in [1.82, 2.24) is 15.3 Å². The molecular weight excluding hydrogens is 356 g/mol. The Morgan fingerprint density at radius 2 is 2.04 bits per heavy atom. The van der Waals surface area contributed by atoms with Gasteiger partial charge < -0.3 is 15.4 Å². The van der Waals surface area contributed by atoms with Crippen molar-refractivity contribution in [1.29, 1.82) is 0 Å². The summed E-state index contributed by atoms with van der Waals surface area (Å²) in [6.45, 7) is 0.531. The highest BCUT2D eigenvalue weighted by Crippen LogP contribution is 2.14. The Balaban J connectivity index is 1.59. The van der Waals surface area contributed by atoms with E-state index in [9.17, 15) is 13.2 Å². The van der Waals surface area contributed by atoms with Crippen LogP contribution in [-0.2, 0) is 16.4 Å². The molecule has 1 aromatic carbocycles. The molecular formula is C17H20N4O4S. The van der Waals surface area contributed by atoms with Crippen molar-refractivity contribution >= 4 is 21.6 Å². The molecule has 2 heterocycles. The quantitative estimate of drug-likeness (QED) is 0.774. The van der Waals surface area contributed by atoms with Gasteiger partial charge in [0, 0.05) is 18.7 Å². The zero-order valence-corrected chi connectivity index (χ0v) is 15.1. The molecule has 8 nitrogen and oxygen atoms in total. The van der Waals surface area contributed by atoms with Gasteiger partial charge in [0.05, 0.1) is 18.6 Å². The van der Waals surface area contributed by atoms with Gasteiger partial charge in [0.1, 0.15) is 23.6 Å². The van der Waals surface area contributed by atoms with Gasteiger partial charge in [-0.05, 0) is 24.1 Å². The lowest BCUT2D eigenvalue weighted by Gasteiger charge is -2.11. The first-order valence-corrected chi connectivity index (χ1v) is 9.97. The fourth-order valence-electron chi connectivity index (χ4n) is 2.68. The van der Waals surface area contributed by atoms with Crippen LogP contribution in [0.3, 0.4) is 0 Å². The average Bonchev–Trinajstić information content (AvgIpc) is 2.99. The number of carbonyl (C=O) groups is 1. The lowest BCUT2D eigenvalue weighted by molar-refractivity contribution is 0.0936. The van der Waals surface area contributed by atoms with Gasteiger partial charge in [-0.3, -0.25) is 4.79 Å². The summed E-state index contributed by atoms with van der Waals surface area (Å²) in [5, 5.41) is 5.85. The number of amides is 1. The molecule has 9 heteroatoms. The molecule has 1 unspecified atom stereocenters. The van der Waals surface area contributed by atoms with Crippen LogP contribution in [0.25, 0.3) is 0 Å². The van der Waals surface area contributed by atoms with Crippen LogP contribution in [0.2, 0.25) is 0 Å². The number of nitrogens with one attached hydrogen (secondary N) is 2. The van der Waals surface area contributed by atoms with Gasteiger partial charge in [-0.2, -0.15) is 0 Å². The molecule has 2 N–H and O–H groups in total. The van der Waals surface area contributed by atoms with Crippen molar-refractivity contribution in [2.75, 3.05) is 23.9 Å². The minimum Gasteiger partial charge on any atom is -0.497 e. The topological polar surface area (TPSA) is 110 Å². The Hall–Kier alpha value is -2.68. The highest BCUT2D eigenvalue weighted by molar-refractivity contribution is 7.91. The van der Waals surface area contributed by atoms with Crippen LogP contribution >= 0.6 is 0 Å². The highest BCUT2D eigenvalue weighted by atomic mass is 32.2. The molecule has 1 atom stereocenters. The van der Waals surface area contributed by atoms with Crippen LogP contribution in [-0.4, -0.2) is 49.0 Å². The molecule has 0 saturated carbocycles. The number of anilines is 1. The SMILES string of the molecule is COc1ccc(CNc2cc(C(=O)NC3CCS(=O)(=O)C3)ncn2)cc1. The van der Waals surface area contributed by atoms with Gasteiger partial charge in [0.15, 0.2) is 9.84 Å². The van der Waals surface area contributed by atoms with Gasteiger partial charge in [-0.15, -0.1) is 0 Å². The van der Waals surface area contributed by atoms with Crippen molar-refractivity contribution in [2.24, 2.45) is 0 Å². The number of carbonyl (C=O) groups excluding carboxylic acids is 1. The third-order valence-corrected chi connectivity index (χ3v) is 5.87. The summed E-state index contributed by atoms with van der Waals surface area (Å²) in [6.07, 6.45) is 1.73. The maximum Gasteiger partial charge on any atom is 0.270 e. The molecule has 1 aliphatic heterocycles. The predicted octanol–water partition coefficient (Wildman–Crippen LogP) is 1.01. The lowest BCUT2D eigenvalue weighted by Crippen LogP contribution is -2.36. The van der Waals surface area contributed by atoms with E-state index in [2.05, 4.69) is 20.6 Å². The molecule has 2 aromatic rings. The minimum absolute atomic E-state index is 0.0214. The summed E-state index contributed by atoms with van der Waals surface area (Å²) in [4.78, 5) is 20.3. The first-order valence-electron chi connectivity index (χ1n) is 8.15. The molecule has 0 bridgehead atoms. The van der Waals surface area contributed by atoms with E-state index < -0.39 is 15.7 Å². The fourth-order valence-corrected chi connectivity index (χ4v) is 4.36. The molecule has 138 valence electrons. The second-order valence-electron chi connectivity index (χ2n) is 6.06. The lowest BCUT2D eigenvalue weighted by atomic mass is 10.2. The number of hydrogen-bond acceptors (Lipinski definition) is 7. The first kappa shape index (κ1) is 18.1. The van der Waals surface area contributed by atoms with Gasteiger partial charge in [-0.1, -0.05) is 12.1 Å². The second kappa shape index (κ2) is 7.69. The standard InChI is InChI=1S/C17H20N4O4S/c1-25-14-4-2-12(3-5-14)9-18-16-8-15(19-11-20-16)17(22)21-13-6-7-26(23,24)10-13/h2-5,8,11,13H,6-7,9-10H2,1H3,(H,21,22)(H,18,19,20).